The summed E-state index contributed by atoms with van der Waals surface area (Å²) in [6.07, 6.45) is 1.67. The number of aliphatic imine (C=N–C) groups is 1. The highest BCUT2D eigenvalue weighted by Crippen LogP contribution is 2.32. The summed E-state index contributed by atoms with van der Waals surface area (Å²) in [5.74, 6) is -0.362. The summed E-state index contributed by atoms with van der Waals surface area (Å²) in [5.41, 5.74) is 2.82. The lowest BCUT2D eigenvalue weighted by Gasteiger charge is -2.03. The number of thiazole rings is 1. The predicted octanol–water partition coefficient (Wildman–Crippen LogP) is 5.83. The Bertz CT molecular complexity index is 1310. The zero-order chi connectivity index (χ0) is 22.5. The number of non-ortho nitro benzene ring substituents is 1. The van der Waals surface area contributed by atoms with Crippen LogP contribution in [0.25, 0.3) is 10.2 Å². The zero-order valence-corrected chi connectivity index (χ0v) is 18.0. The van der Waals surface area contributed by atoms with Crippen LogP contribution in [0.2, 0.25) is 0 Å². The Morgan fingerprint density at radius 3 is 2.62 bits per heavy atom. The first-order valence-electron chi connectivity index (χ1n) is 9.33. The Kier molecular flexibility index (Phi) is 6.52. The average molecular weight is 467 g/mol. The van der Waals surface area contributed by atoms with Crippen LogP contribution in [0, 0.1) is 15.9 Å². The van der Waals surface area contributed by atoms with Crippen molar-refractivity contribution in [3.63, 3.8) is 0 Å². The maximum atomic E-state index is 13.0. The molecule has 4 rings (SSSR count). The number of fused-ring (bicyclic) bond motifs is 1. The number of aromatic nitrogens is 1. The van der Waals surface area contributed by atoms with Crippen LogP contribution < -0.4 is 5.32 Å². The molecule has 0 fully saturated rings. The number of carbonyl (C=O) groups excluding carboxylic acids is 1. The van der Waals surface area contributed by atoms with Gasteiger partial charge in [-0.25, -0.2) is 9.37 Å². The van der Waals surface area contributed by atoms with E-state index in [9.17, 15) is 19.3 Å². The fourth-order valence-corrected chi connectivity index (χ4v) is 4.62. The second-order valence-electron chi connectivity index (χ2n) is 6.58. The minimum atomic E-state index is -0.492. The van der Waals surface area contributed by atoms with Gasteiger partial charge in [-0.1, -0.05) is 23.9 Å². The molecular weight excluding hydrogens is 451 g/mol. The van der Waals surface area contributed by atoms with Crippen molar-refractivity contribution >= 4 is 62.5 Å². The SMILES string of the molecule is O=C(CSc1nc2ccc(N=Cc3ccc(F)cc3)cc2s1)Nc1ccc([N+](=O)[O-])cc1. The number of hydrogen-bond acceptors (Lipinski definition) is 7. The van der Waals surface area contributed by atoms with Crippen LogP contribution in [-0.4, -0.2) is 27.8 Å². The van der Waals surface area contributed by atoms with Crippen molar-refractivity contribution in [2.75, 3.05) is 11.1 Å². The molecular formula is C22H15FN4O3S2. The number of rotatable bonds is 7. The first-order valence-corrected chi connectivity index (χ1v) is 11.1. The number of amides is 1. The van der Waals surface area contributed by atoms with Crippen molar-refractivity contribution in [1.29, 1.82) is 0 Å². The van der Waals surface area contributed by atoms with Gasteiger partial charge in [0, 0.05) is 24.0 Å². The molecule has 0 bridgehead atoms. The van der Waals surface area contributed by atoms with E-state index in [2.05, 4.69) is 15.3 Å². The minimum absolute atomic E-state index is 0.0341. The molecule has 32 heavy (non-hydrogen) atoms. The number of carbonyl (C=O) groups is 1. The Morgan fingerprint density at radius 2 is 1.91 bits per heavy atom. The molecule has 0 aliphatic heterocycles. The Balaban J connectivity index is 1.36. The second kappa shape index (κ2) is 9.67. The van der Waals surface area contributed by atoms with E-state index in [0.29, 0.717) is 5.69 Å². The third kappa shape index (κ3) is 5.54. The van der Waals surface area contributed by atoms with Gasteiger partial charge in [-0.05, 0) is 48.0 Å². The normalized spacial score (nSPS) is 11.2. The Morgan fingerprint density at radius 1 is 1.16 bits per heavy atom. The fraction of sp³-hybridized carbons (Fsp3) is 0.0455. The standard InChI is InChI=1S/C22H15FN4O3S2/c23-15-3-1-14(2-4-15)12-24-17-7-10-19-20(11-17)32-22(26-19)31-13-21(28)25-16-5-8-18(9-6-16)27(29)30/h1-12H,13H2,(H,25,28). The van der Waals surface area contributed by atoms with E-state index in [-0.39, 0.29) is 23.2 Å². The van der Waals surface area contributed by atoms with E-state index in [1.165, 1.54) is 59.5 Å². The number of nitrogens with one attached hydrogen (secondary N) is 1. The van der Waals surface area contributed by atoms with Gasteiger partial charge in [-0.2, -0.15) is 0 Å². The number of nitrogens with zero attached hydrogens (tertiary/aromatic N) is 3. The lowest BCUT2D eigenvalue weighted by atomic mass is 10.2. The molecule has 1 heterocycles. The summed E-state index contributed by atoms with van der Waals surface area (Å²) < 4.78 is 14.7. The van der Waals surface area contributed by atoms with Gasteiger partial charge in [0.1, 0.15) is 5.82 Å². The van der Waals surface area contributed by atoms with Crippen LogP contribution in [0.3, 0.4) is 0 Å². The van der Waals surface area contributed by atoms with Crippen molar-refractivity contribution in [3.05, 3.63) is 88.2 Å². The first-order chi connectivity index (χ1) is 15.5. The summed E-state index contributed by atoms with van der Waals surface area (Å²) in [6, 6.07) is 17.4. The molecule has 0 radical (unpaired) electrons. The molecule has 160 valence electrons. The topological polar surface area (TPSA) is 97.5 Å². The van der Waals surface area contributed by atoms with Crippen LogP contribution in [0.1, 0.15) is 5.56 Å². The number of anilines is 1. The highest BCUT2D eigenvalue weighted by molar-refractivity contribution is 8.01. The van der Waals surface area contributed by atoms with Crippen LogP contribution in [0.4, 0.5) is 21.5 Å². The molecule has 7 nitrogen and oxygen atoms in total. The molecule has 10 heteroatoms. The monoisotopic (exact) mass is 466 g/mol. The highest BCUT2D eigenvalue weighted by atomic mass is 32.2. The molecule has 0 atom stereocenters. The number of nitro groups is 1. The van der Waals surface area contributed by atoms with Gasteiger partial charge in [-0.15, -0.1) is 11.3 Å². The van der Waals surface area contributed by atoms with Crippen LogP contribution >= 0.6 is 23.1 Å². The lowest BCUT2D eigenvalue weighted by molar-refractivity contribution is -0.384. The maximum absolute atomic E-state index is 13.0. The third-order valence-corrected chi connectivity index (χ3v) is 6.43. The van der Waals surface area contributed by atoms with Crippen molar-refractivity contribution in [2.45, 2.75) is 4.34 Å². The van der Waals surface area contributed by atoms with Gasteiger partial charge < -0.3 is 5.32 Å². The highest BCUT2D eigenvalue weighted by Gasteiger charge is 2.10. The summed E-state index contributed by atoms with van der Waals surface area (Å²) in [5, 5.41) is 13.4. The van der Waals surface area contributed by atoms with Gasteiger partial charge in [0.25, 0.3) is 5.69 Å². The molecule has 3 aromatic carbocycles. The Hall–Kier alpha value is -3.63. The number of hydrogen-bond donors (Lipinski definition) is 1. The van der Waals surface area contributed by atoms with Gasteiger partial charge in [0.2, 0.25) is 5.91 Å². The molecule has 0 saturated heterocycles. The maximum Gasteiger partial charge on any atom is 0.269 e. The quantitative estimate of drug-likeness (QED) is 0.160. The summed E-state index contributed by atoms with van der Waals surface area (Å²) in [7, 11) is 0. The van der Waals surface area contributed by atoms with Gasteiger partial charge in [0.15, 0.2) is 4.34 Å². The van der Waals surface area contributed by atoms with Gasteiger partial charge in [-0.3, -0.25) is 19.9 Å². The molecule has 0 aliphatic carbocycles. The van der Waals surface area contributed by atoms with Gasteiger partial charge in [0.05, 0.1) is 26.6 Å². The van der Waals surface area contributed by atoms with E-state index >= 15 is 0 Å². The van der Waals surface area contributed by atoms with Crippen molar-refractivity contribution < 1.29 is 14.1 Å². The number of thioether (sulfide) groups is 1. The molecule has 0 unspecified atom stereocenters. The summed E-state index contributed by atoms with van der Waals surface area (Å²) in [4.78, 5) is 31.3. The molecule has 1 aromatic heterocycles. The van der Waals surface area contributed by atoms with Crippen molar-refractivity contribution in [1.82, 2.24) is 4.98 Å². The third-order valence-electron chi connectivity index (χ3n) is 4.27. The summed E-state index contributed by atoms with van der Waals surface area (Å²) in [6.45, 7) is 0. The molecule has 0 aliphatic rings. The van der Waals surface area contributed by atoms with Crippen LogP contribution in [0.15, 0.2) is 76.1 Å². The first kappa shape index (κ1) is 21.6. The van der Waals surface area contributed by atoms with E-state index in [0.717, 1.165) is 25.8 Å². The van der Waals surface area contributed by atoms with Crippen LogP contribution in [0.5, 0.6) is 0 Å². The smallest absolute Gasteiger partial charge is 0.269 e. The van der Waals surface area contributed by atoms with Crippen LogP contribution in [-0.2, 0) is 4.79 Å². The van der Waals surface area contributed by atoms with E-state index in [1.807, 2.05) is 18.2 Å². The van der Waals surface area contributed by atoms with E-state index < -0.39 is 4.92 Å². The number of halogens is 1. The fourth-order valence-electron chi connectivity index (χ4n) is 2.72. The minimum Gasteiger partial charge on any atom is -0.325 e. The second-order valence-corrected chi connectivity index (χ2v) is 8.84. The zero-order valence-electron chi connectivity index (χ0n) is 16.4. The molecule has 0 saturated carbocycles. The van der Waals surface area contributed by atoms with Crippen molar-refractivity contribution in [3.8, 4) is 0 Å². The largest absolute Gasteiger partial charge is 0.325 e. The molecule has 0 spiro atoms. The van der Waals surface area contributed by atoms with Gasteiger partial charge >= 0.3 is 0 Å². The van der Waals surface area contributed by atoms with E-state index in [4.69, 9.17) is 0 Å². The average Bonchev–Trinajstić information content (AvgIpc) is 3.20. The molecule has 1 N–H and O–H groups in total. The molecule has 4 aromatic rings. The number of nitro benzene ring substituents is 1. The summed E-state index contributed by atoms with van der Waals surface area (Å²) >= 11 is 2.77. The lowest BCUT2D eigenvalue weighted by Crippen LogP contribution is -2.13. The van der Waals surface area contributed by atoms with E-state index in [1.54, 1.807) is 18.3 Å². The predicted molar refractivity (Wildman–Crippen MR) is 126 cm³/mol. The molecule has 1 amide bonds. The van der Waals surface area contributed by atoms with Crippen molar-refractivity contribution in [2.24, 2.45) is 4.99 Å². The number of benzene rings is 3. The Labute approximate surface area is 190 Å².